The second-order valence-electron chi connectivity index (χ2n) is 7.08. The van der Waals surface area contributed by atoms with Crippen molar-refractivity contribution in [1.82, 2.24) is 14.2 Å². The van der Waals surface area contributed by atoms with Gasteiger partial charge in [-0.25, -0.2) is 13.4 Å². The first-order valence-electron chi connectivity index (χ1n) is 9.16. The Balaban J connectivity index is 1.71. The third kappa shape index (κ3) is 5.06. The number of pyridine rings is 1. The Morgan fingerprint density at radius 2 is 1.79 bits per heavy atom. The second kappa shape index (κ2) is 8.29. The summed E-state index contributed by atoms with van der Waals surface area (Å²) in [7, 11) is -1.67. The smallest absolute Gasteiger partial charge is 0.364 e. The number of nitrogens with one attached hydrogen (secondary N) is 1. The highest BCUT2D eigenvalue weighted by Crippen LogP contribution is 2.31. The van der Waals surface area contributed by atoms with E-state index in [2.05, 4.69) is 15.2 Å². The Morgan fingerprint density at radius 1 is 1.10 bits per heavy atom. The van der Waals surface area contributed by atoms with Gasteiger partial charge in [0.15, 0.2) is 0 Å². The van der Waals surface area contributed by atoms with Gasteiger partial charge in [0.2, 0.25) is 10.0 Å². The number of piperazine rings is 1. The van der Waals surface area contributed by atoms with E-state index in [4.69, 9.17) is 0 Å². The molecule has 2 heterocycles. The molecule has 6 nitrogen and oxygen atoms in total. The number of likely N-dealkylation sites (N-methyl/N-ethyl adjacent to an activating group) is 1. The highest BCUT2D eigenvalue weighted by atomic mass is 32.2. The van der Waals surface area contributed by atoms with Gasteiger partial charge in [-0.15, -0.1) is 0 Å². The maximum atomic E-state index is 12.9. The van der Waals surface area contributed by atoms with Crippen LogP contribution in [0.15, 0.2) is 47.5 Å². The summed E-state index contributed by atoms with van der Waals surface area (Å²) in [5.74, 6) is 0.382. The predicted molar refractivity (Wildman–Crippen MR) is 104 cm³/mol. The number of benzene rings is 1. The molecule has 0 radical (unpaired) electrons. The summed E-state index contributed by atoms with van der Waals surface area (Å²) < 4.78 is 65.6. The average Bonchev–Trinajstić information content (AvgIpc) is 2.68. The number of hydrogen-bond donors (Lipinski definition) is 1. The van der Waals surface area contributed by atoms with Crippen LogP contribution in [0.2, 0.25) is 0 Å². The molecule has 10 heteroatoms. The van der Waals surface area contributed by atoms with Crippen LogP contribution in [0.4, 0.5) is 19.0 Å². The van der Waals surface area contributed by atoms with Gasteiger partial charge in [-0.1, -0.05) is 12.1 Å². The predicted octanol–water partition coefficient (Wildman–Crippen LogP) is 3.21. The monoisotopic (exact) mass is 428 g/mol. The van der Waals surface area contributed by atoms with E-state index in [1.54, 1.807) is 13.0 Å². The lowest BCUT2D eigenvalue weighted by atomic mass is 10.0. The number of aromatic nitrogens is 1. The number of alkyl halides is 3. The van der Waals surface area contributed by atoms with Gasteiger partial charge in [0.05, 0.1) is 5.56 Å². The van der Waals surface area contributed by atoms with Crippen molar-refractivity contribution in [2.75, 3.05) is 38.5 Å². The van der Waals surface area contributed by atoms with Crippen LogP contribution < -0.4 is 5.32 Å². The van der Waals surface area contributed by atoms with Crippen molar-refractivity contribution >= 4 is 15.8 Å². The van der Waals surface area contributed by atoms with Crippen molar-refractivity contribution in [1.29, 1.82) is 0 Å². The second-order valence-corrected chi connectivity index (χ2v) is 9.01. The minimum atomic E-state index is -4.41. The summed E-state index contributed by atoms with van der Waals surface area (Å²) in [5, 5.41) is 3.01. The summed E-state index contributed by atoms with van der Waals surface area (Å²) in [5.41, 5.74) is -0.263. The molecule has 0 aliphatic carbocycles. The van der Waals surface area contributed by atoms with Crippen LogP contribution in [0.3, 0.4) is 0 Å². The van der Waals surface area contributed by atoms with E-state index in [0.29, 0.717) is 37.6 Å². The van der Waals surface area contributed by atoms with Crippen LogP contribution in [0.1, 0.15) is 24.1 Å². The topological polar surface area (TPSA) is 65.5 Å². The van der Waals surface area contributed by atoms with E-state index < -0.39 is 27.8 Å². The van der Waals surface area contributed by atoms with E-state index in [1.165, 1.54) is 28.7 Å². The maximum absolute atomic E-state index is 12.9. The fraction of sp³-hybridized carbons (Fsp3) is 0.421. The number of anilines is 1. The van der Waals surface area contributed by atoms with Gasteiger partial charge in [-0.3, -0.25) is 0 Å². The molecule has 1 atom stereocenters. The first-order valence-corrected chi connectivity index (χ1v) is 10.6. The Hall–Kier alpha value is -2.17. The lowest BCUT2D eigenvalue weighted by molar-refractivity contribution is -0.137. The first-order chi connectivity index (χ1) is 13.6. The summed E-state index contributed by atoms with van der Waals surface area (Å²) >= 11 is 0. The minimum Gasteiger partial charge on any atom is -0.364 e. The molecule has 2 aromatic rings. The van der Waals surface area contributed by atoms with Crippen molar-refractivity contribution in [3.63, 3.8) is 0 Å². The average molecular weight is 428 g/mol. The molecular weight excluding hydrogens is 405 g/mol. The molecule has 1 fully saturated rings. The van der Waals surface area contributed by atoms with Crippen LogP contribution in [0.5, 0.6) is 0 Å². The Morgan fingerprint density at radius 3 is 2.38 bits per heavy atom. The van der Waals surface area contributed by atoms with E-state index in [1.807, 2.05) is 7.05 Å². The Bertz CT molecular complexity index is 941. The fourth-order valence-corrected chi connectivity index (χ4v) is 4.45. The Labute approximate surface area is 168 Å². The van der Waals surface area contributed by atoms with Crippen LogP contribution in [-0.2, 0) is 16.2 Å². The van der Waals surface area contributed by atoms with Gasteiger partial charge < -0.3 is 10.2 Å². The molecule has 1 unspecified atom stereocenters. The Kier molecular flexibility index (Phi) is 6.16. The van der Waals surface area contributed by atoms with Crippen LogP contribution in [0, 0.1) is 0 Å². The van der Waals surface area contributed by atoms with Gasteiger partial charge in [0.25, 0.3) is 0 Å². The molecule has 1 aromatic carbocycles. The number of sulfonamides is 1. The maximum Gasteiger partial charge on any atom is 0.416 e. The SMILES string of the molecule is CC(Nc1ccc(S(=O)(=O)N2CCN(C)CC2)cn1)c1cccc(C(F)(F)F)c1. The van der Waals surface area contributed by atoms with Crippen molar-refractivity contribution in [3.8, 4) is 0 Å². The summed E-state index contributed by atoms with van der Waals surface area (Å²) in [6, 6.07) is 7.60. The van der Waals surface area contributed by atoms with Crippen LogP contribution in [-0.4, -0.2) is 55.8 Å². The van der Waals surface area contributed by atoms with Gasteiger partial charge in [-0.05, 0) is 43.8 Å². The lowest BCUT2D eigenvalue weighted by Crippen LogP contribution is -2.47. The molecule has 0 bridgehead atoms. The normalized spacial score (nSPS) is 17.8. The molecule has 3 rings (SSSR count). The summed E-state index contributed by atoms with van der Waals surface area (Å²) in [4.78, 5) is 6.30. The molecule has 1 aliphatic rings. The highest BCUT2D eigenvalue weighted by Gasteiger charge is 2.31. The third-order valence-electron chi connectivity index (χ3n) is 4.91. The number of nitrogens with zero attached hydrogens (tertiary/aromatic N) is 3. The first kappa shape index (κ1) is 21.5. The standard InChI is InChI=1S/C19H23F3N4O2S/c1-14(15-4-3-5-16(12-15)19(20,21)22)24-18-7-6-17(13-23-18)29(27,28)26-10-8-25(2)9-11-26/h3-7,12-14H,8-11H2,1-2H3,(H,23,24). The molecule has 1 saturated heterocycles. The van der Waals surface area contributed by atoms with Gasteiger partial charge in [0, 0.05) is 38.4 Å². The van der Waals surface area contributed by atoms with Crippen molar-refractivity contribution < 1.29 is 21.6 Å². The van der Waals surface area contributed by atoms with Gasteiger partial charge in [-0.2, -0.15) is 17.5 Å². The molecule has 1 aliphatic heterocycles. The number of halogens is 3. The summed E-state index contributed by atoms with van der Waals surface area (Å²) in [6.45, 7) is 3.89. The molecule has 29 heavy (non-hydrogen) atoms. The van der Waals surface area contributed by atoms with E-state index >= 15 is 0 Å². The zero-order valence-corrected chi connectivity index (χ0v) is 17.0. The lowest BCUT2D eigenvalue weighted by Gasteiger charge is -2.31. The van der Waals surface area contributed by atoms with Gasteiger partial charge in [0.1, 0.15) is 10.7 Å². The van der Waals surface area contributed by atoms with Crippen LogP contribution >= 0.6 is 0 Å². The van der Waals surface area contributed by atoms with E-state index in [0.717, 1.165) is 12.1 Å². The summed E-state index contributed by atoms with van der Waals surface area (Å²) in [6.07, 6.45) is -3.14. The highest BCUT2D eigenvalue weighted by molar-refractivity contribution is 7.89. The van der Waals surface area contributed by atoms with Crippen molar-refractivity contribution in [2.24, 2.45) is 0 Å². The molecule has 0 spiro atoms. The van der Waals surface area contributed by atoms with Gasteiger partial charge >= 0.3 is 6.18 Å². The molecule has 158 valence electrons. The number of rotatable bonds is 5. The molecule has 0 amide bonds. The fourth-order valence-electron chi connectivity index (χ4n) is 3.09. The zero-order valence-electron chi connectivity index (χ0n) is 16.1. The third-order valence-corrected chi connectivity index (χ3v) is 6.80. The molecule has 1 aromatic heterocycles. The van der Waals surface area contributed by atoms with Crippen LogP contribution in [0.25, 0.3) is 0 Å². The molecular formula is C19H23F3N4O2S. The number of hydrogen-bond acceptors (Lipinski definition) is 5. The minimum absolute atomic E-state index is 0.0966. The van der Waals surface area contributed by atoms with E-state index in [-0.39, 0.29) is 4.90 Å². The zero-order chi connectivity index (χ0) is 21.2. The molecule has 1 N–H and O–H groups in total. The van der Waals surface area contributed by atoms with Crippen molar-refractivity contribution in [2.45, 2.75) is 24.0 Å². The quantitative estimate of drug-likeness (QED) is 0.792. The van der Waals surface area contributed by atoms with Crippen molar-refractivity contribution in [3.05, 3.63) is 53.7 Å². The molecule has 0 saturated carbocycles. The largest absolute Gasteiger partial charge is 0.416 e. The van der Waals surface area contributed by atoms with E-state index in [9.17, 15) is 21.6 Å².